The van der Waals surface area contributed by atoms with Crippen molar-refractivity contribution in [1.29, 1.82) is 0 Å². The monoisotopic (exact) mass is 312 g/mol. The summed E-state index contributed by atoms with van der Waals surface area (Å²) < 4.78 is 0. The maximum Gasteiger partial charge on any atom is 0.303 e. The first-order valence-corrected chi connectivity index (χ1v) is 6.74. The maximum atomic E-state index is 11.8. The van der Waals surface area contributed by atoms with E-state index in [-0.39, 0.29) is 30.6 Å². The number of carboxylic acids is 1. The Morgan fingerprint density at radius 2 is 1.95 bits per heavy atom. The molecule has 1 unspecified atom stereocenters. The van der Waals surface area contributed by atoms with Crippen LogP contribution in [0.5, 0.6) is 0 Å². The molecule has 0 radical (unpaired) electrons. The summed E-state index contributed by atoms with van der Waals surface area (Å²) in [4.78, 5) is 33.9. The lowest BCUT2D eigenvalue weighted by atomic mass is 10.0. The van der Waals surface area contributed by atoms with Crippen LogP contribution in [0.15, 0.2) is 18.2 Å². The lowest BCUT2D eigenvalue weighted by molar-refractivity contribution is -0.138. The molecular weight excluding hydrogens is 296 g/mol. The van der Waals surface area contributed by atoms with Gasteiger partial charge in [-0.2, -0.15) is 0 Å². The van der Waals surface area contributed by atoms with Crippen molar-refractivity contribution in [3.63, 3.8) is 0 Å². The second kappa shape index (κ2) is 7.64. The van der Waals surface area contributed by atoms with Crippen LogP contribution in [0.1, 0.15) is 30.1 Å². The number of halogens is 1. The van der Waals surface area contributed by atoms with Crippen LogP contribution >= 0.6 is 11.6 Å². The molecule has 114 valence electrons. The third kappa shape index (κ3) is 5.43. The standard InChI is InChI=1S/C14H17ClN2O4/c1-8(6-13(19)20)5-12(18)17-11-7-9(14(21)16-2)3-4-10(11)15/h3-4,7-8H,5-6H2,1-2H3,(H,16,21)(H,17,18)(H,19,20). The quantitative estimate of drug-likeness (QED) is 0.750. The van der Waals surface area contributed by atoms with Crippen molar-refractivity contribution in [1.82, 2.24) is 5.32 Å². The highest BCUT2D eigenvalue weighted by Gasteiger charge is 2.14. The number of rotatable bonds is 6. The Morgan fingerprint density at radius 1 is 1.29 bits per heavy atom. The molecule has 0 saturated heterocycles. The van der Waals surface area contributed by atoms with Gasteiger partial charge in [-0.05, 0) is 24.1 Å². The highest BCUT2D eigenvalue weighted by atomic mass is 35.5. The number of amides is 2. The van der Waals surface area contributed by atoms with Crippen molar-refractivity contribution in [3.8, 4) is 0 Å². The second-order valence-corrected chi connectivity index (χ2v) is 5.14. The lowest BCUT2D eigenvalue weighted by Crippen LogP contribution is -2.19. The molecule has 6 nitrogen and oxygen atoms in total. The van der Waals surface area contributed by atoms with Crippen LogP contribution in [0.3, 0.4) is 0 Å². The molecule has 0 fully saturated rings. The summed E-state index contributed by atoms with van der Waals surface area (Å²) in [7, 11) is 1.50. The van der Waals surface area contributed by atoms with Crippen LogP contribution in [0, 0.1) is 5.92 Å². The molecule has 1 aromatic rings. The van der Waals surface area contributed by atoms with Crippen molar-refractivity contribution in [2.45, 2.75) is 19.8 Å². The van der Waals surface area contributed by atoms with Gasteiger partial charge in [0.2, 0.25) is 5.91 Å². The van der Waals surface area contributed by atoms with Crippen LogP contribution in [0.2, 0.25) is 5.02 Å². The highest BCUT2D eigenvalue weighted by molar-refractivity contribution is 6.33. The zero-order valence-corrected chi connectivity index (χ0v) is 12.5. The Labute approximate surface area is 127 Å². The van der Waals surface area contributed by atoms with Gasteiger partial charge >= 0.3 is 5.97 Å². The molecular formula is C14H17ClN2O4. The maximum absolute atomic E-state index is 11.8. The number of aliphatic carboxylic acids is 1. The van der Waals surface area contributed by atoms with Crippen molar-refractivity contribution in [3.05, 3.63) is 28.8 Å². The Kier molecular flexibility index (Phi) is 6.17. The minimum absolute atomic E-state index is 0.0623. The molecule has 7 heteroatoms. The van der Waals surface area contributed by atoms with Gasteiger partial charge in [0.05, 0.1) is 10.7 Å². The summed E-state index contributed by atoms with van der Waals surface area (Å²) in [5, 5.41) is 14.0. The van der Waals surface area contributed by atoms with Gasteiger partial charge in [0, 0.05) is 25.5 Å². The largest absolute Gasteiger partial charge is 0.481 e. The van der Waals surface area contributed by atoms with Gasteiger partial charge in [-0.1, -0.05) is 18.5 Å². The summed E-state index contributed by atoms with van der Waals surface area (Å²) >= 11 is 5.97. The van der Waals surface area contributed by atoms with Gasteiger partial charge in [-0.3, -0.25) is 14.4 Å². The highest BCUT2D eigenvalue weighted by Crippen LogP contribution is 2.23. The zero-order chi connectivity index (χ0) is 16.0. The van der Waals surface area contributed by atoms with E-state index in [1.165, 1.54) is 19.2 Å². The Morgan fingerprint density at radius 3 is 2.52 bits per heavy atom. The van der Waals surface area contributed by atoms with Crippen LogP contribution in [0.25, 0.3) is 0 Å². The van der Waals surface area contributed by atoms with Crippen LogP contribution in [-0.2, 0) is 9.59 Å². The van der Waals surface area contributed by atoms with E-state index in [1.807, 2.05) is 0 Å². The third-order valence-corrected chi connectivity index (χ3v) is 3.12. The van der Waals surface area contributed by atoms with Crippen LogP contribution in [0.4, 0.5) is 5.69 Å². The first-order valence-electron chi connectivity index (χ1n) is 6.36. The van der Waals surface area contributed by atoms with Gasteiger partial charge < -0.3 is 15.7 Å². The lowest BCUT2D eigenvalue weighted by Gasteiger charge is -2.11. The van der Waals surface area contributed by atoms with Gasteiger partial charge in [0.1, 0.15) is 0 Å². The van der Waals surface area contributed by atoms with Crippen molar-refractivity contribution in [2.24, 2.45) is 5.92 Å². The first-order chi connectivity index (χ1) is 9.83. The molecule has 0 spiro atoms. The number of anilines is 1. The van der Waals surface area contributed by atoms with Crippen LogP contribution in [-0.4, -0.2) is 29.9 Å². The SMILES string of the molecule is CNC(=O)c1ccc(Cl)c(NC(=O)CC(C)CC(=O)O)c1. The number of benzene rings is 1. The normalized spacial score (nSPS) is 11.6. The van der Waals surface area contributed by atoms with Gasteiger partial charge in [0.15, 0.2) is 0 Å². The summed E-state index contributed by atoms with van der Waals surface area (Å²) in [6.45, 7) is 1.68. The fourth-order valence-electron chi connectivity index (χ4n) is 1.79. The number of carbonyl (C=O) groups excluding carboxylic acids is 2. The topological polar surface area (TPSA) is 95.5 Å². The zero-order valence-electron chi connectivity index (χ0n) is 11.8. The molecule has 1 aromatic carbocycles. The Hall–Kier alpha value is -2.08. The van der Waals surface area contributed by atoms with Crippen molar-refractivity contribution in [2.75, 3.05) is 12.4 Å². The summed E-state index contributed by atoms with van der Waals surface area (Å²) in [6, 6.07) is 4.53. The smallest absolute Gasteiger partial charge is 0.303 e. The van der Waals surface area contributed by atoms with Gasteiger partial charge in [-0.15, -0.1) is 0 Å². The first kappa shape index (κ1) is 17.0. The molecule has 0 aromatic heterocycles. The Balaban J connectivity index is 2.75. The summed E-state index contributed by atoms with van der Waals surface area (Å²) in [5.41, 5.74) is 0.695. The van der Waals surface area contributed by atoms with E-state index in [4.69, 9.17) is 16.7 Å². The minimum atomic E-state index is -0.949. The molecule has 0 aliphatic carbocycles. The minimum Gasteiger partial charge on any atom is -0.481 e. The van der Waals surface area contributed by atoms with E-state index in [9.17, 15) is 14.4 Å². The molecule has 1 atom stereocenters. The van der Waals surface area contributed by atoms with E-state index in [2.05, 4.69) is 10.6 Å². The predicted molar refractivity (Wildman–Crippen MR) is 79.5 cm³/mol. The predicted octanol–water partition coefficient (Wildman–Crippen LogP) is 2.14. The van der Waals surface area contributed by atoms with Crippen molar-refractivity contribution >= 4 is 35.1 Å². The molecule has 0 aliphatic rings. The molecule has 0 bridgehead atoms. The molecule has 2 amide bonds. The molecule has 1 rings (SSSR count). The summed E-state index contributed by atoms with van der Waals surface area (Å²) in [6.07, 6.45) is -0.0216. The number of nitrogens with one attached hydrogen (secondary N) is 2. The van der Waals surface area contributed by atoms with Crippen LogP contribution < -0.4 is 10.6 Å². The van der Waals surface area contributed by atoms with Gasteiger partial charge in [-0.25, -0.2) is 0 Å². The number of carboxylic acid groups (broad SMARTS) is 1. The number of carbonyl (C=O) groups is 3. The average molecular weight is 313 g/mol. The molecule has 0 heterocycles. The number of hydrogen-bond donors (Lipinski definition) is 3. The fraction of sp³-hybridized carbons (Fsp3) is 0.357. The van der Waals surface area contributed by atoms with Gasteiger partial charge in [0.25, 0.3) is 5.91 Å². The number of hydrogen-bond acceptors (Lipinski definition) is 3. The average Bonchev–Trinajstić information content (AvgIpc) is 2.39. The third-order valence-electron chi connectivity index (χ3n) is 2.79. The second-order valence-electron chi connectivity index (χ2n) is 4.73. The fourth-order valence-corrected chi connectivity index (χ4v) is 1.96. The molecule has 0 aliphatic heterocycles. The van der Waals surface area contributed by atoms with E-state index >= 15 is 0 Å². The molecule has 3 N–H and O–H groups in total. The van der Waals surface area contributed by atoms with E-state index < -0.39 is 5.97 Å². The summed E-state index contributed by atoms with van der Waals surface area (Å²) in [5.74, 6) is -1.88. The Bertz CT molecular complexity index is 560. The molecule has 0 saturated carbocycles. The van der Waals surface area contributed by atoms with Crippen molar-refractivity contribution < 1.29 is 19.5 Å². The van der Waals surface area contributed by atoms with E-state index in [0.29, 0.717) is 16.3 Å². The van der Waals surface area contributed by atoms with E-state index in [0.717, 1.165) is 0 Å². The van der Waals surface area contributed by atoms with E-state index in [1.54, 1.807) is 13.0 Å². The molecule has 21 heavy (non-hydrogen) atoms.